The molecule has 25 heavy (non-hydrogen) atoms. The largest absolute Gasteiger partial charge is 0.493 e. The lowest BCUT2D eigenvalue weighted by Crippen LogP contribution is -2.23. The molecule has 1 saturated carbocycles. The second kappa shape index (κ2) is 8.51. The van der Waals surface area contributed by atoms with Crippen molar-refractivity contribution >= 4 is 11.4 Å². The molecule has 5 nitrogen and oxygen atoms in total. The molecule has 0 aliphatic heterocycles. The minimum Gasteiger partial charge on any atom is -0.493 e. The molecule has 2 aromatic rings. The Labute approximate surface area is 148 Å². The Morgan fingerprint density at radius 3 is 1.68 bits per heavy atom. The summed E-state index contributed by atoms with van der Waals surface area (Å²) in [5.41, 5.74) is 14.1. The third-order valence-electron chi connectivity index (χ3n) is 4.78. The minimum absolute atomic E-state index is 0.605. The molecule has 3 rings (SSSR count). The van der Waals surface area contributed by atoms with E-state index in [1.54, 1.807) is 12.1 Å². The maximum atomic E-state index is 6.96. The van der Waals surface area contributed by atoms with Crippen LogP contribution in [0, 0.1) is 17.4 Å². The van der Waals surface area contributed by atoms with Gasteiger partial charge in [0.25, 0.3) is 0 Å². The van der Waals surface area contributed by atoms with Crippen molar-refractivity contribution < 1.29 is 9.47 Å². The van der Waals surface area contributed by atoms with Crippen LogP contribution in [0.5, 0.6) is 11.5 Å². The fourth-order valence-electron chi connectivity index (χ4n) is 3.17. The number of anilines is 1. The summed E-state index contributed by atoms with van der Waals surface area (Å²) in [5, 5.41) is 3.39. The molecule has 1 aliphatic rings. The lowest BCUT2D eigenvalue weighted by atomic mass is 9.83. The zero-order chi connectivity index (χ0) is 17.5. The molecule has 0 atom stereocenters. The van der Waals surface area contributed by atoms with E-state index in [-0.39, 0.29) is 0 Å². The van der Waals surface area contributed by atoms with E-state index in [9.17, 15) is 0 Å². The van der Waals surface area contributed by atoms with Gasteiger partial charge in [0.05, 0.1) is 18.9 Å². The average Bonchev–Trinajstić information content (AvgIpc) is 2.67. The SMILES string of the molecule is N=Nc1ccc(OCC2CCC(COc3ccc(N)cc3)CC2)cc1. The first-order valence-corrected chi connectivity index (χ1v) is 8.81. The molecule has 0 spiro atoms. The Hall–Kier alpha value is -2.56. The van der Waals surface area contributed by atoms with Crippen molar-refractivity contribution in [2.24, 2.45) is 17.0 Å². The Morgan fingerprint density at radius 2 is 1.24 bits per heavy atom. The molecule has 3 N–H and O–H groups in total. The van der Waals surface area contributed by atoms with Crippen LogP contribution in [0.3, 0.4) is 0 Å². The second-order valence-corrected chi connectivity index (χ2v) is 6.68. The standard InChI is InChI=1S/C20H25N3O2/c21-17-5-9-19(10-6-17)24-13-15-1-3-16(4-2-15)14-25-20-11-7-18(23-22)8-12-20/h5-12,15-16,22H,1-4,13-14,21H2. The van der Waals surface area contributed by atoms with Crippen LogP contribution in [0.2, 0.25) is 0 Å². The number of nitrogens with one attached hydrogen (secondary N) is 1. The maximum absolute atomic E-state index is 6.96. The van der Waals surface area contributed by atoms with Crippen LogP contribution in [0.15, 0.2) is 53.6 Å². The fraction of sp³-hybridized carbons (Fsp3) is 0.400. The first-order chi connectivity index (χ1) is 12.2. The van der Waals surface area contributed by atoms with Crippen molar-refractivity contribution in [3.8, 4) is 11.5 Å². The number of hydrogen-bond donors (Lipinski definition) is 2. The van der Waals surface area contributed by atoms with Crippen LogP contribution < -0.4 is 15.2 Å². The summed E-state index contributed by atoms with van der Waals surface area (Å²) in [4.78, 5) is 0. The van der Waals surface area contributed by atoms with Crippen LogP contribution in [0.1, 0.15) is 25.7 Å². The molecule has 0 radical (unpaired) electrons. The number of benzene rings is 2. The predicted octanol–water partition coefficient (Wildman–Crippen LogP) is 5.20. The molecule has 1 aliphatic carbocycles. The second-order valence-electron chi connectivity index (χ2n) is 6.68. The minimum atomic E-state index is 0.605. The van der Waals surface area contributed by atoms with E-state index < -0.39 is 0 Å². The number of nitrogen functional groups attached to an aromatic ring is 1. The quantitative estimate of drug-likeness (QED) is 0.537. The van der Waals surface area contributed by atoms with Crippen LogP contribution in [0.25, 0.3) is 0 Å². The zero-order valence-electron chi connectivity index (χ0n) is 14.4. The molecule has 0 saturated heterocycles. The molecule has 0 amide bonds. The van der Waals surface area contributed by atoms with E-state index in [1.165, 1.54) is 25.7 Å². The van der Waals surface area contributed by atoms with Crippen molar-refractivity contribution in [1.82, 2.24) is 0 Å². The fourth-order valence-corrected chi connectivity index (χ4v) is 3.17. The lowest BCUT2D eigenvalue weighted by molar-refractivity contribution is 0.148. The van der Waals surface area contributed by atoms with Gasteiger partial charge in [0.2, 0.25) is 0 Å². The number of hydrogen-bond acceptors (Lipinski definition) is 5. The molecule has 0 bridgehead atoms. The normalized spacial score (nSPS) is 20.0. The first-order valence-electron chi connectivity index (χ1n) is 8.81. The average molecular weight is 339 g/mol. The van der Waals surface area contributed by atoms with Crippen LogP contribution >= 0.6 is 0 Å². The highest BCUT2D eigenvalue weighted by molar-refractivity contribution is 5.41. The summed E-state index contributed by atoms with van der Waals surface area (Å²) in [7, 11) is 0. The van der Waals surface area contributed by atoms with Gasteiger partial charge in [0.15, 0.2) is 0 Å². The van der Waals surface area contributed by atoms with Gasteiger partial charge in [-0.3, -0.25) is 0 Å². The molecule has 132 valence electrons. The molecule has 5 heteroatoms. The summed E-state index contributed by atoms with van der Waals surface area (Å²) in [5.74, 6) is 2.96. The van der Waals surface area contributed by atoms with E-state index in [4.69, 9.17) is 20.7 Å². The van der Waals surface area contributed by atoms with Crippen molar-refractivity contribution in [2.45, 2.75) is 25.7 Å². The molecule has 1 fully saturated rings. The Bertz CT molecular complexity index is 662. The maximum Gasteiger partial charge on any atom is 0.119 e. The van der Waals surface area contributed by atoms with Gasteiger partial charge in [0.1, 0.15) is 11.5 Å². The van der Waals surface area contributed by atoms with E-state index in [2.05, 4.69) is 5.11 Å². The molecular formula is C20H25N3O2. The summed E-state index contributed by atoms with van der Waals surface area (Å²) in [6.07, 6.45) is 4.71. The van der Waals surface area contributed by atoms with Crippen molar-refractivity contribution in [3.63, 3.8) is 0 Å². The Balaban J connectivity index is 1.36. The first kappa shape index (κ1) is 17.3. The monoisotopic (exact) mass is 339 g/mol. The van der Waals surface area contributed by atoms with E-state index in [0.29, 0.717) is 17.5 Å². The Kier molecular flexibility index (Phi) is 5.88. The van der Waals surface area contributed by atoms with E-state index >= 15 is 0 Å². The summed E-state index contributed by atoms with van der Waals surface area (Å²) in [6, 6.07) is 14.9. The number of ether oxygens (including phenoxy) is 2. The highest BCUT2D eigenvalue weighted by atomic mass is 16.5. The molecule has 2 aromatic carbocycles. The number of rotatable bonds is 7. The summed E-state index contributed by atoms with van der Waals surface area (Å²) >= 11 is 0. The summed E-state index contributed by atoms with van der Waals surface area (Å²) in [6.45, 7) is 1.53. The van der Waals surface area contributed by atoms with Crippen molar-refractivity contribution in [3.05, 3.63) is 48.5 Å². The molecular weight excluding hydrogens is 314 g/mol. The predicted molar refractivity (Wildman–Crippen MR) is 98.5 cm³/mol. The zero-order valence-corrected chi connectivity index (χ0v) is 14.4. The Morgan fingerprint density at radius 1 is 0.800 bits per heavy atom. The topological polar surface area (TPSA) is 80.7 Å². The lowest BCUT2D eigenvalue weighted by Gasteiger charge is -2.28. The highest BCUT2D eigenvalue weighted by Crippen LogP contribution is 2.30. The van der Waals surface area contributed by atoms with Crippen molar-refractivity contribution in [2.75, 3.05) is 18.9 Å². The third kappa shape index (κ3) is 5.21. The molecule has 0 heterocycles. The highest BCUT2D eigenvalue weighted by Gasteiger charge is 2.22. The molecule has 0 unspecified atom stereocenters. The van der Waals surface area contributed by atoms with Gasteiger partial charge in [-0.05, 0) is 86.1 Å². The smallest absolute Gasteiger partial charge is 0.119 e. The van der Waals surface area contributed by atoms with Gasteiger partial charge in [-0.15, -0.1) is 0 Å². The van der Waals surface area contributed by atoms with E-state index in [0.717, 1.165) is 30.4 Å². The van der Waals surface area contributed by atoms with Gasteiger partial charge < -0.3 is 15.2 Å². The van der Waals surface area contributed by atoms with Gasteiger partial charge in [-0.1, -0.05) is 0 Å². The molecule has 0 aromatic heterocycles. The van der Waals surface area contributed by atoms with Gasteiger partial charge >= 0.3 is 0 Å². The van der Waals surface area contributed by atoms with Crippen LogP contribution in [0.4, 0.5) is 11.4 Å². The van der Waals surface area contributed by atoms with E-state index in [1.807, 2.05) is 36.4 Å². The summed E-state index contributed by atoms with van der Waals surface area (Å²) < 4.78 is 11.8. The van der Waals surface area contributed by atoms with Gasteiger partial charge in [-0.2, -0.15) is 5.11 Å². The number of nitrogens with two attached hydrogens (primary N) is 1. The van der Waals surface area contributed by atoms with Crippen molar-refractivity contribution in [1.29, 1.82) is 5.53 Å². The van der Waals surface area contributed by atoms with Crippen LogP contribution in [-0.2, 0) is 0 Å². The van der Waals surface area contributed by atoms with Gasteiger partial charge in [0, 0.05) is 5.69 Å². The third-order valence-corrected chi connectivity index (χ3v) is 4.78. The number of nitrogens with zero attached hydrogens (tertiary/aromatic N) is 1. The van der Waals surface area contributed by atoms with Crippen LogP contribution in [-0.4, -0.2) is 13.2 Å². The van der Waals surface area contributed by atoms with Gasteiger partial charge in [-0.25, -0.2) is 5.53 Å².